The number of amides is 1. The van der Waals surface area contributed by atoms with Gasteiger partial charge in [-0.1, -0.05) is 25.5 Å². The normalized spacial score (nSPS) is 26.7. The monoisotopic (exact) mass is 369 g/mol. The van der Waals surface area contributed by atoms with Gasteiger partial charge in [-0.05, 0) is 82.3 Å². The average molecular weight is 370 g/mol. The predicted octanol–water partition coefficient (Wildman–Crippen LogP) is 4.26. The zero-order valence-electron chi connectivity index (χ0n) is 16.8. The van der Waals surface area contributed by atoms with Crippen molar-refractivity contribution in [2.75, 3.05) is 24.5 Å². The van der Waals surface area contributed by atoms with Gasteiger partial charge in [-0.15, -0.1) is 0 Å². The molecule has 0 radical (unpaired) electrons. The van der Waals surface area contributed by atoms with Crippen molar-refractivity contribution in [3.8, 4) is 0 Å². The molecule has 2 atom stereocenters. The van der Waals surface area contributed by atoms with Gasteiger partial charge in [-0.2, -0.15) is 0 Å². The number of hydrogen-bond acceptors (Lipinski definition) is 3. The maximum atomic E-state index is 12.9. The Bertz CT molecular complexity index is 623. The molecule has 4 rings (SSSR count). The summed E-state index contributed by atoms with van der Waals surface area (Å²) in [4.78, 5) is 17.7. The van der Waals surface area contributed by atoms with Gasteiger partial charge in [0.1, 0.15) is 0 Å². The van der Waals surface area contributed by atoms with Crippen molar-refractivity contribution in [2.45, 2.75) is 82.8 Å². The number of fused-ring (bicyclic) bond motifs is 1. The van der Waals surface area contributed by atoms with Crippen LogP contribution in [0.5, 0.6) is 0 Å². The summed E-state index contributed by atoms with van der Waals surface area (Å²) in [6, 6.07) is 10.7. The molecule has 0 unspecified atom stereocenters. The highest BCUT2D eigenvalue weighted by Crippen LogP contribution is 2.40. The number of anilines is 1. The van der Waals surface area contributed by atoms with Gasteiger partial charge < -0.3 is 10.2 Å². The van der Waals surface area contributed by atoms with Crippen LogP contribution in [0.1, 0.15) is 76.3 Å². The van der Waals surface area contributed by atoms with Crippen LogP contribution >= 0.6 is 0 Å². The number of carbonyl (C=O) groups is 1. The van der Waals surface area contributed by atoms with Crippen LogP contribution in [0.3, 0.4) is 0 Å². The molecular formula is C23H35N3O. The summed E-state index contributed by atoms with van der Waals surface area (Å²) in [6.45, 7) is 5.37. The molecular weight excluding hydrogens is 334 g/mol. The molecule has 4 nitrogen and oxygen atoms in total. The van der Waals surface area contributed by atoms with Gasteiger partial charge in [0.2, 0.25) is 5.91 Å². The van der Waals surface area contributed by atoms with E-state index in [-0.39, 0.29) is 5.91 Å². The molecule has 4 heteroatoms. The van der Waals surface area contributed by atoms with E-state index in [1.165, 1.54) is 44.2 Å². The predicted molar refractivity (Wildman–Crippen MR) is 111 cm³/mol. The van der Waals surface area contributed by atoms with Crippen molar-refractivity contribution >= 4 is 11.6 Å². The number of carbonyl (C=O) groups excluding carboxylic acids is 1. The van der Waals surface area contributed by atoms with E-state index in [2.05, 4.69) is 46.3 Å². The van der Waals surface area contributed by atoms with Gasteiger partial charge in [0.05, 0.1) is 0 Å². The Morgan fingerprint density at radius 3 is 2.59 bits per heavy atom. The third kappa shape index (κ3) is 4.07. The fourth-order valence-electron chi connectivity index (χ4n) is 5.43. The molecule has 3 fully saturated rings. The molecule has 0 aliphatic carbocycles. The third-order valence-corrected chi connectivity index (χ3v) is 6.81. The SMILES string of the molecule is CCCC(=O)N(c1ccc([C@@H]2CC[C@@H]3CCCCN32)cc1)C1CCNCC1. The van der Waals surface area contributed by atoms with Crippen LogP contribution in [0.15, 0.2) is 24.3 Å². The minimum Gasteiger partial charge on any atom is -0.317 e. The number of benzene rings is 1. The van der Waals surface area contributed by atoms with Gasteiger partial charge in [0.25, 0.3) is 0 Å². The minimum atomic E-state index is 0.286. The van der Waals surface area contributed by atoms with Crippen molar-refractivity contribution in [3.05, 3.63) is 29.8 Å². The highest BCUT2D eigenvalue weighted by atomic mass is 16.2. The first-order valence-electron chi connectivity index (χ1n) is 11.2. The van der Waals surface area contributed by atoms with E-state index in [0.717, 1.165) is 44.1 Å². The fourth-order valence-corrected chi connectivity index (χ4v) is 5.43. The topological polar surface area (TPSA) is 35.6 Å². The average Bonchev–Trinajstić information content (AvgIpc) is 3.14. The summed E-state index contributed by atoms with van der Waals surface area (Å²) in [6.07, 6.45) is 10.4. The van der Waals surface area contributed by atoms with Crippen LogP contribution < -0.4 is 10.2 Å². The van der Waals surface area contributed by atoms with Gasteiger partial charge in [0.15, 0.2) is 0 Å². The molecule has 3 heterocycles. The minimum absolute atomic E-state index is 0.286. The van der Waals surface area contributed by atoms with E-state index in [9.17, 15) is 4.79 Å². The maximum Gasteiger partial charge on any atom is 0.227 e. The highest BCUT2D eigenvalue weighted by Gasteiger charge is 2.35. The first-order valence-corrected chi connectivity index (χ1v) is 11.2. The molecule has 0 bridgehead atoms. The maximum absolute atomic E-state index is 12.9. The number of rotatable bonds is 5. The lowest BCUT2D eigenvalue weighted by Crippen LogP contribution is -2.46. The Kier molecular flexibility index (Phi) is 6.14. The van der Waals surface area contributed by atoms with E-state index in [0.29, 0.717) is 18.5 Å². The summed E-state index contributed by atoms with van der Waals surface area (Å²) in [5, 5.41) is 3.42. The first kappa shape index (κ1) is 18.9. The van der Waals surface area contributed by atoms with Crippen molar-refractivity contribution < 1.29 is 4.79 Å². The Balaban J connectivity index is 1.52. The number of nitrogens with zero attached hydrogens (tertiary/aromatic N) is 2. The Hall–Kier alpha value is -1.39. The van der Waals surface area contributed by atoms with E-state index in [1.54, 1.807) is 0 Å². The Labute approximate surface area is 164 Å². The van der Waals surface area contributed by atoms with Gasteiger partial charge in [0, 0.05) is 30.2 Å². The summed E-state index contributed by atoms with van der Waals surface area (Å²) in [7, 11) is 0. The van der Waals surface area contributed by atoms with Crippen molar-refractivity contribution in [3.63, 3.8) is 0 Å². The van der Waals surface area contributed by atoms with Crippen LogP contribution in [-0.4, -0.2) is 42.5 Å². The van der Waals surface area contributed by atoms with Gasteiger partial charge in [-0.3, -0.25) is 9.69 Å². The molecule has 3 aliphatic rings. The Morgan fingerprint density at radius 1 is 1.07 bits per heavy atom. The first-order chi connectivity index (χ1) is 13.3. The lowest BCUT2D eigenvalue weighted by atomic mass is 10.0. The molecule has 3 aliphatic heterocycles. The van der Waals surface area contributed by atoms with E-state index in [4.69, 9.17) is 0 Å². The van der Waals surface area contributed by atoms with Crippen molar-refractivity contribution in [1.29, 1.82) is 0 Å². The molecule has 1 aromatic rings. The third-order valence-electron chi connectivity index (χ3n) is 6.81. The van der Waals surface area contributed by atoms with E-state index < -0.39 is 0 Å². The number of piperidine rings is 2. The standard InChI is InChI=1S/C23H35N3O/c1-2-5-23(27)26(21-13-15-24-16-14-21)20-9-7-18(8-10-20)22-12-11-19-6-3-4-17-25(19)22/h7-10,19,21-22,24H,2-6,11-17H2,1H3/t19-,22-/m0/s1. The zero-order valence-corrected chi connectivity index (χ0v) is 16.8. The molecule has 1 aromatic carbocycles. The van der Waals surface area contributed by atoms with Crippen molar-refractivity contribution in [1.82, 2.24) is 10.2 Å². The number of hydrogen-bond donors (Lipinski definition) is 1. The summed E-state index contributed by atoms with van der Waals surface area (Å²) >= 11 is 0. The molecule has 148 valence electrons. The fraction of sp³-hybridized carbons (Fsp3) is 0.696. The van der Waals surface area contributed by atoms with Crippen LogP contribution in [0.4, 0.5) is 5.69 Å². The lowest BCUT2D eigenvalue weighted by Gasteiger charge is -2.36. The largest absolute Gasteiger partial charge is 0.317 e. The quantitative estimate of drug-likeness (QED) is 0.842. The van der Waals surface area contributed by atoms with Crippen LogP contribution in [-0.2, 0) is 4.79 Å². The van der Waals surface area contributed by atoms with Gasteiger partial charge >= 0.3 is 0 Å². The zero-order chi connectivity index (χ0) is 18.6. The van der Waals surface area contributed by atoms with Crippen molar-refractivity contribution in [2.24, 2.45) is 0 Å². The molecule has 1 N–H and O–H groups in total. The van der Waals surface area contributed by atoms with Crippen LogP contribution in [0, 0.1) is 0 Å². The van der Waals surface area contributed by atoms with Crippen LogP contribution in [0.25, 0.3) is 0 Å². The molecule has 3 saturated heterocycles. The second-order valence-corrected chi connectivity index (χ2v) is 8.57. The van der Waals surface area contributed by atoms with Crippen LogP contribution in [0.2, 0.25) is 0 Å². The summed E-state index contributed by atoms with van der Waals surface area (Å²) in [5.41, 5.74) is 2.54. The second kappa shape index (κ2) is 8.74. The summed E-state index contributed by atoms with van der Waals surface area (Å²) in [5.74, 6) is 0.286. The molecule has 0 aromatic heterocycles. The molecule has 0 spiro atoms. The van der Waals surface area contributed by atoms with E-state index in [1.807, 2.05) is 0 Å². The molecule has 0 saturated carbocycles. The number of nitrogens with one attached hydrogen (secondary N) is 1. The molecule has 1 amide bonds. The molecule has 27 heavy (non-hydrogen) atoms. The second-order valence-electron chi connectivity index (χ2n) is 8.57. The lowest BCUT2D eigenvalue weighted by molar-refractivity contribution is -0.119. The van der Waals surface area contributed by atoms with Gasteiger partial charge in [-0.25, -0.2) is 0 Å². The Morgan fingerprint density at radius 2 is 1.85 bits per heavy atom. The van der Waals surface area contributed by atoms with E-state index >= 15 is 0 Å². The summed E-state index contributed by atoms with van der Waals surface area (Å²) < 4.78 is 0. The highest BCUT2D eigenvalue weighted by molar-refractivity contribution is 5.94. The smallest absolute Gasteiger partial charge is 0.227 e.